The summed E-state index contributed by atoms with van der Waals surface area (Å²) in [6.45, 7) is 4.01. The highest BCUT2D eigenvalue weighted by molar-refractivity contribution is 6.31. The van der Waals surface area contributed by atoms with Crippen molar-refractivity contribution in [2.45, 2.75) is 26.4 Å². The van der Waals surface area contributed by atoms with Gasteiger partial charge in [-0.3, -0.25) is 0 Å². The molecule has 3 N–H and O–H groups in total. The summed E-state index contributed by atoms with van der Waals surface area (Å²) >= 11 is 5.84. The molecule has 1 aromatic carbocycles. The van der Waals surface area contributed by atoms with Crippen molar-refractivity contribution < 1.29 is 9.90 Å². The maximum Gasteiger partial charge on any atom is 0.319 e. The average Bonchev–Trinajstić information content (AvgIpc) is 2.23. The first-order valence-electron chi connectivity index (χ1n) is 5.48. The number of hydrogen-bond donors (Lipinski definition) is 3. The summed E-state index contributed by atoms with van der Waals surface area (Å²) in [6, 6.07) is 5.02. The molecule has 0 fully saturated rings. The normalized spacial score (nSPS) is 12.0. The highest BCUT2D eigenvalue weighted by atomic mass is 35.5. The van der Waals surface area contributed by atoms with Crippen LogP contribution < -0.4 is 10.6 Å². The summed E-state index contributed by atoms with van der Waals surface area (Å²) in [6.07, 6.45) is 0.116. The zero-order valence-electron chi connectivity index (χ0n) is 9.96. The zero-order chi connectivity index (χ0) is 12.8. The van der Waals surface area contributed by atoms with E-state index in [9.17, 15) is 4.79 Å². The Morgan fingerprint density at radius 2 is 2.24 bits per heavy atom. The van der Waals surface area contributed by atoms with Crippen LogP contribution in [0.2, 0.25) is 5.02 Å². The van der Waals surface area contributed by atoms with Crippen LogP contribution in [-0.2, 0) is 0 Å². The Bertz CT molecular complexity index is 394. The number of carbonyl (C=O) groups is 1. The van der Waals surface area contributed by atoms with E-state index in [4.69, 9.17) is 16.7 Å². The minimum Gasteiger partial charge on any atom is -0.393 e. The van der Waals surface area contributed by atoms with E-state index in [1.807, 2.05) is 13.0 Å². The minimum atomic E-state index is -0.414. The fourth-order valence-corrected chi connectivity index (χ4v) is 1.46. The second-order valence-electron chi connectivity index (χ2n) is 3.98. The molecule has 1 aromatic rings. The third-order valence-corrected chi connectivity index (χ3v) is 2.53. The molecule has 1 rings (SSSR count). The Morgan fingerprint density at radius 1 is 1.53 bits per heavy atom. The van der Waals surface area contributed by atoms with Crippen molar-refractivity contribution in [3.8, 4) is 0 Å². The molecule has 0 saturated heterocycles. The first-order valence-corrected chi connectivity index (χ1v) is 5.86. The molecule has 2 amide bonds. The molecule has 5 heteroatoms. The molecule has 0 spiro atoms. The lowest BCUT2D eigenvalue weighted by atomic mass is 10.2. The molecule has 0 radical (unpaired) electrons. The van der Waals surface area contributed by atoms with Crippen molar-refractivity contribution in [1.82, 2.24) is 5.32 Å². The highest BCUT2D eigenvalue weighted by Crippen LogP contribution is 2.19. The summed E-state index contributed by atoms with van der Waals surface area (Å²) in [5.41, 5.74) is 1.63. The van der Waals surface area contributed by atoms with Crippen molar-refractivity contribution in [3.05, 3.63) is 28.8 Å². The predicted molar refractivity (Wildman–Crippen MR) is 69.5 cm³/mol. The van der Waals surface area contributed by atoms with Gasteiger partial charge in [-0.25, -0.2) is 4.79 Å². The highest BCUT2D eigenvalue weighted by Gasteiger charge is 2.05. The Kier molecular flexibility index (Phi) is 5.25. The van der Waals surface area contributed by atoms with Crippen molar-refractivity contribution in [2.24, 2.45) is 0 Å². The molecular formula is C12H17ClN2O2. The second-order valence-corrected chi connectivity index (χ2v) is 4.41. The van der Waals surface area contributed by atoms with Crippen molar-refractivity contribution in [2.75, 3.05) is 11.9 Å². The molecule has 0 aliphatic rings. The number of halogens is 1. The van der Waals surface area contributed by atoms with E-state index in [1.165, 1.54) is 0 Å². The van der Waals surface area contributed by atoms with E-state index in [-0.39, 0.29) is 6.03 Å². The van der Waals surface area contributed by atoms with Crippen molar-refractivity contribution in [3.63, 3.8) is 0 Å². The number of benzene rings is 1. The smallest absolute Gasteiger partial charge is 0.319 e. The predicted octanol–water partition coefficient (Wildman–Crippen LogP) is 2.54. The Labute approximate surface area is 106 Å². The maximum absolute atomic E-state index is 11.5. The van der Waals surface area contributed by atoms with Gasteiger partial charge < -0.3 is 15.7 Å². The Morgan fingerprint density at radius 3 is 2.88 bits per heavy atom. The van der Waals surface area contributed by atoms with Gasteiger partial charge in [-0.05, 0) is 38.0 Å². The summed E-state index contributed by atoms with van der Waals surface area (Å²) in [5, 5.41) is 15.0. The van der Waals surface area contributed by atoms with Crippen LogP contribution in [0.4, 0.5) is 10.5 Å². The van der Waals surface area contributed by atoms with Crippen molar-refractivity contribution >= 4 is 23.3 Å². The number of carbonyl (C=O) groups excluding carboxylic acids is 1. The molecule has 1 unspecified atom stereocenters. The van der Waals surface area contributed by atoms with Crippen LogP contribution in [0.15, 0.2) is 18.2 Å². The molecule has 94 valence electrons. The summed E-state index contributed by atoms with van der Waals surface area (Å²) in [5.74, 6) is 0. The summed E-state index contributed by atoms with van der Waals surface area (Å²) in [4.78, 5) is 11.5. The molecule has 0 heterocycles. The van der Waals surface area contributed by atoms with E-state index >= 15 is 0 Å². The monoisotopic (exact) mass is 256 g/mol. The second kappa shape index (κ2) is 6.47. The van der Waals surface area contributed by atoms with Gasteiger partial charge in [0.2, 0.25) is 0 Å². The van der Waals surface area contributed by atoms with E-state index < -0.39 is 6.10 Å². The molecule has 1 atom stereocenters. The number of rotatable bonds is 4. The van der Waals surface area contributed by atoms with Gasteiger partial charge in [0.05, 0.1) is 6.10 Å². The topological polar surface area (TPSA) is 61.4 Å². The number of aliphatic hydroxyl groups is 1. The lowest BCUT2D eigenvalue weighted by Gasteiger charge is -2.10. The van der Waals surface area contributed by atoms with Crippen LogP contribution in [0.25, 0.3) is 0 Å². The van der Waals surface area contributed by atoms with Crippen LogP contribution in [-0.4, -0.2) is 23.8 Å². The average molecular weight is 257 g/mol. The van der Waals surface area contributed by atoms with Crippen LogP contribution in [0, 0.1) is 6.92 Å². The number of anilines is 1. The minimum absolute atomic E-state index is 0.295. The fraction of sp³-hybridized carbons (Fsp3) is 0.417. The quantitative estimate of drug-likeness (QED) is 0.775. The van der Waals surface area contributed by atoms with Crippen molar-refractivity contribution in [1.29, 1.82) is 0 Å². The Balaban J connectivity index is 2.47. The first kappa shape index (κ1) is 13.8. The van der Waals surface area contributed by atoms with Crippen LogP contribution in [0.1, 0.15) is 18.9 Å². The first-order chi connectivity index (χ1) is 7.99. The molecular weight excluding hydrogens is 240 g/mol. The summed E-state index contributed by atoms with van der Waals surface area (Å²) in [7, 11) is 0. The van der Waals surface area contributed by atoms with Crippen LogP contribution >= 0.6 is 11.6 Å². The lowest BCUT2D eigenvalue weighted by molar-refractivity contribution is 0.184. The third kappa shape index (κ3) is 5.06. The van der Waals surface area contributed by atoms with E-state index in [2.05, 4.69) is 10.6 Å². The van der Waals surface area contributed by atoms with Crippen LogP contribution in [0.3, 0.4) is 0 Å². The SMILES string of the molecule is Cc1ccc(Cl)cc1NC(=O)NCCC(C)O. The molecule has 4 nitrogen and oxygen atoms in total. The number of amides is 2. The van der Waals surface area contributed by atoms with Gasteiger partial charge in [0.25, 0.3) is 0 Å². The molecule has 0 aromatic heterocycles. The molecule has 0 saturated carbocycles. The molecule has 0 aliphatic heterocycles. The van der Waals surface area contributed by atoms with Gasteiger partial charge in [0, 0.05) is 17.3 Å². The van der Waals surface area contributed by atoms with Crippen LogP contribution in [0.5, 0.6) is 0 Å². The fourth-order valence-electron chi connectivity index (χ4n) is 1.29. The summed E-state index contributed by atoms with van der Waals surface area (Å²) < 4.78 is 0. The third-order valence-electron chi connectivity index (χ3n) is 2.30. The lowest BCUT2D eigenvalue weighted by Crippen LogP contribution is -2.31. The Hall–Kier alpha value is -1.26. The van der Waals surface area contributed by atoms with Gasteiger partial charge in [0.15, 0.2) is 0 Å². The van der Waals surface area contributed by atoms with E-state index in [0.29, 0.717) is 23.7 Å². The van der Waals surface area contributed by atoms with Gasteiger partial charge >= 0.3 is 6.03 Å². The standard InChI is InChI=1S/C12H17ClN2O2/c1-8-3-4-10(13)7-11(8)15-12(17)14-6-5-9(2)16/h3-4,7,9,16H,5-6H2,1-2H3,(H2,14,15,17). The maximum atomic E-state index is 11.5. The number of hydrogen-bond acceptors (Lipinski definition) is 2. The van der Waals surface area contributed by atoms with Gasteiger partial charge in [-0.2, -0.15) is 0 Å². The largest absolute Gasteiger partial charge is 0.393 e. The van der Waals surface area contributed by atoms with E-state index in [0.717, 1.165) is 5.56 Å². The zero-order valence-corrected chi connectivity index (χ0v) is 10.7. The van der Waals surface area contributed by atoms with E-state index in [1.54, 1.807) is 19.1 Å². The number of nitrogens with one attached hydrogen (secondary N) is 2. The van der Waals surface area contributed by atoms with Gasteiger partial charge in [-0.1, -0.05) is 17.7 Å². The number of aliphatic hydroxyl groups excluding tert-OH is 1. The van der Waals surface area contributed by atoms with Gasteiger partial charge in [-0.15, -0.1) is 0 Å². The number of aryl methyl sites for hydroxylation is 1. The molecule has 0 bridgehead atoms. The number of urea groups is 1. The molecule has 0 aliphatic carbocycles. The van der Waals surface area contributed by atoms with Gasteiger partial charge in [0.1, 0.15) is 0 Å². The molecule has 17 heavy (non-hydrogen) atoms.